The van der Waals surface area contributed by atoms with Crippen molar-refractivity contribution in [2.75, 3.05) is 0 Å². The lowest BCUT2D eigenvalue weighted by atomic mass is 10.2. The molecule has 0 saturated carbocycles. The number of nitrogens with zero attached hydrogens (tertiary/aromatic N) is 3. The zero-order valence-electron chi connectivity index (χ0n) is 12.7. The lowest BCUT2D eigenvalue weighted by Gasteiger charge is -2.13. The van der Waals surface area contributed by atoms with Gasteiger partial charge < -0.3 is 0 Å². The van der Waals surface area contributed by atoms with Crippen LogP contribution in [0.4, 0.5) is 0 Å². The van der Waals surface area contributed by atoms with Crippen LogP contribution in [0.2, 0.25) is 10.0 Å². The number of benzene rings is 1. The largest absolute Gasteiger partial charge is 0.299 e. The maximum atomic E-state index is 6.08. The van der Waals surface area contributed by atoms with E-state index in [2.05, 4.69) is 40.1 Å². The maximum Gasteiger partial charge on any atom is 0.192 e. The van der Waals surface area contributed by atoms with Crippen molar-refractivity contribution in [3.8, 4) is 10.7 Å². The van der Waals surface area contributed by atoms with E-state index in [1.54, 1.807) is 23.1 Å². The highest BCUT2D eigenvalue weighted by Crippen LogP contribution is 2.32. The molecule has 2 aromatic heterocycles. The van der Waals surface area contributed by atoms with E-state index in [0.717, 1.165) is 27.2 Å². The number of aromatic nitrogens is 3. The fraction of sp³-hybridized carbons (Fsp3) is 0.250. The van der Waals surface area contributed by atoms with Crippen LogP contribution in [0.15, 0.2) is 40.9 Å². The van der Waals surface area contributed by atoms with E-state index >= 15 is 0 Å². The summed E-state index contributed by atoms with van der Waals surface area (Å²) >= 11 is 15.4. The average molecular weight is 384 g/mol. The van der Waals surface area contributed by atoms with Crippen LogP contribution >= 0.6 is 46.3 Å². The minimum Gasteiger partial charge on any atom is -0.299 e. The molecule has 0 bridgehead atoms. The lowest BCUT2D eigenvalue weighted by molar-refractivity contribution is 0.555. The van der Waals surface area contributed by atoms with Crippen LogP contribution in [0, 0.1) is 0 Å². The first-order valence-electron chi connectivity index (χ1n) is 7.11. The third kappa shape index (κ3) is 3.74. The molecule has 3 nitrogen and oxygen atoms in total. The normalized spacial score (nSPS) is 11.3. The molecular weight excluding hydrogens is 369 g/mol. The molecule has 0 radical (unpaired) electrons. The minimum atomic E-state index is 0.290. The summed E-state index contributed by atoms with van der Waals surface area (Å²) in [7, 11) is 0. The third-order valence-electron chi connectivity index (χ3n) is 3.27. The molecule has 0 amide bonds. The molecule has 23 heavy (non-hydrogen) atoms. The van der Waals surface area contributed by atoms with E-state index in [-0.39, 0.29) is 0 Å². The van der Waals surface area contributed by atoms with Gasteiger partial charge in [-0.15, -0.1) is 21.5 Å². The van der Waals surface area contributed by atoms with Crippen LogP contribution in [-0.2, 0) is 5.75 Å². The fourth-order valence-electron chi connectivity index (χ4n) is 2.19. The molecule has 3 aromatic rings. The third-order valence-corrected chi connectivity index (χ3v) is 5.89. The summed E-state index contributed by atoms with van der Waals surface area (Å²) < 4.78 is 2.17. The molecule has 3 rings (SSSR count). The van der Waals surface area contributed by atoms with Crippen molar-refractivity contribution < 1.29 is 0 Å². The highest BCUT2D eigenvalue weighted by atomic mass is 35.5. The van der Waals surface area contributed by atoms with Gasteiger partial charge in [0.05, 0.1) is 14.9 Å². The maximum absolute atomic E-state index is 6.08. The predicted molar refractivity (Wildman–Crippen MR) is 99.7 cm³/mol. The van der Waals surface area contributed by atoms with Crippen molar-refractivity contribution in [3.63, 3.8) is 0 Å². The van der Waals surface area contributed by atoms with Crippen molar-refractivity contribution in [1.82, 2.24) is 14.8 Å². The first-order chi connectivity index (χ1) is 11.1. The topological polar surface area (TPSA) is 30.7 Å². The van der Waals surface area contributed by atoms with E-state index < -0.39 is 0 Å². The summed E-state index contributed by atoms with van der Waals surface area (Å²) in [6.45, 7) is 4.29. The second kappa shape index (κ2) is 7.26. The molecule has 120 valence electrons. The molecule has 0 aliphatic heterocycles. The Bertz CT molecular complexity index is 798. The van der Waals surface area contributed by atoms with E-state index in [4.69, 9.17) is 23.2 Å². The molecule has 0 aliphatic rings. The van der Waals surface area contributed by atoms with E-state index in [1.165, 1.54) is 0 Å². The van der Waals surface area contributed by atoms with Crippen LogP contribution in [0.5, 0.6) is 0 Å². The van der Waals surface area contributed by atoms with Crippen molar-refractivity contribution >= 4 is 46.3 Å². The summed E-state index contributed by atoms with van der Waals surface area (Å²) in [5.41, 5.74) is 1.11. The van der Waals surface area contributed by atoms with Gasteiger partial charge in [0.1, 0.15) is 0 Å². The number of rotatable bonds is 5. The molecule has 2 heterocycles. The average Bonchev–Trinajstić information content (AvgIpc) is 3.16. The first kappa shape index (κ1) is 16.8. The van der Waals surface area contributed by atoms with Gasteiger partial charge in [-0.1, -0.05) is 47.1 Å². The fourth-order valence-corrected chi connectivity index (χ4v) is 4.23. The Morgan fingerprint density at radius 3 is 2.65 bits per heavy atom. The molecular formula is C16H15Cl2N3S2. The second-order valence-corrected chi connectivity index (χ2v) is 7.99. The van der Waals surface area contributed by atoms with Crippen LogP contribution in [0.25, 0.3) is 10.7 Å². The van der Waals surface area contributed by atoms with Gasteiger partial charge in [-0.2, -0.15) is 0 Å². The van der Waals surface area contributed by atoms with Crippen LogP contribution in [0.3, 0.4) is 0 Å². The van der Waals surface area contributed by atoms with Gasteiger partial charge in [-0.25, -0.2) is 0 Å². The Hall–Kier alpha value is -1.01. The molecule has 0 saturated heterocycles. The zero-order valence-corrected chi connectivity index (χ0v) is 15.8. The highest BCUT2D eigenvalue weighted by molar-refractivity contribution is 7.98. The Balaban J connectivity index is 1.84. The standard InChI is InChI=1S/C16H15Cl2N3S2/c1-10(2)21-15(14-4-3-7-22-14)19-20-16(21)23-9-11-5-6-12(17)13(18)8-11/h3-8,10H,9H2,1-2H3. The Morgan fingerprint density at radius 2 is 2.00 bits per heavy atom. The number of hydrogen-bond acceptors (Lipinski definition) is 4. The monoisotopic (exact) mass is 383 g/mol. The van der Waals surface area contributed by atoms with Gasteiger partial charge in [0, 0.05) is 11.8 Å². The summed E-state index contributed by atoms with van der Waals surface area (Å²) in [5.74, 6) is 1.69. The van der Waals surface area contributed by atoms with Crippen molar-refractivity contribution in [3.05, 3.63) is 51.3 Å². The number of thioether (sulfide) groups is 1. The Labute approximate surface area is 153 Å². The molecule has 1 aromatic carbocycles. The molecule has 7 heteroatoms. The van der Waals surface area contributed by atoms with Gasteiger partial charge in [0.25, 0.3) is 0 Å². The summed E-state index contributed by atoms with van der Waals surface area (Å²) in [6, 6.07) is 10.1. The Morgan fingerprint density at radius 1 is 1.17 bits per heavy atom. The first-order valence-corrected chi connectivity index (χ1v) is 9.74. The quantitative estimate of drug-likeness (QED) is 0.492. The number of thiophene rings is 1. The molecule has 0 fully saturated rings. The predicted octanol–water partition coefficient (Wildman–Crippen LogP) is 6.19. The van der Waals surface area contributed by atoms with Crippen molar-refractivity contribution in [2.45, 2.75) is 30.8 Å². The van der Waals surface area contributed by atoms with Gasteiger partial charge in [-0.3, -0.25) is 4.57 Å². The second-order valence-electron chi connectivity index (χ2n) is 5.28. The van der Waals surface area contributed by atoms with Crippen LogP contribution in [-0.4, -0.2) is 14.8 Å². The Kier molecular flexibility index (Phi) is 5.31. The summed E-state index contributed by atoms with van der Waals surface area (Å²) in [5, 5.41) is 12.9. The SMILES string of the molecule is CC(C)n1c(SCc2ccc(Cl)c(Cl)c2)nnc1-c1cccs1. The zero-order chi connectivity index (χ0) is 16.4. The van der Waals surface area contributed by atoms with E-state index in [9.17, 15) is 0 Å². The smallest absolute Gasteiger partial charge is 0.192 e. The van der Waals surface area contributed by atoms with Gasteiger partial charge in [0.2, 0.25) is 0 Å². The molecule has 0 aliphatic carbocycles. The highest BCUT2D eigenvalue weighted by Gasteiger charge is 2.17. The van der Waals surface area contributed by atoms with E-state index in [1.807, 2.05) is 24.3 Å². The molecule has 0 atom stereocenters. The number of halogens is 2. The minimum absolute atomic E-state index is 0.290. The lowest BCUT2D eigenvalue weighted by Crippen LogP contribution is -2.04. The van der Waals surface area contributed by atoms with Crippen LogP contribution in [0.1, 0.15) is 25.5 Å². The molecule has 0 unspecified atom stereocenters. The summed E-state index contributed by atoms with van der Waals surface area (Å²) in [6.07, 6.45) is 0. The molecule has 0 spiro atoms. The number of hydrogen-bond donors (Lipinski definition) is 0. The van der Waals surface area contributed by atoms with Crippen molar-refractivity contribution in [2.24, 2.45) is 0 Å². The summed E-state index contributed by atoms with van der Waals surface area (Å²) in [4.78, 5) is 1.13. The van der Waals surface area contributed by atoms with Gasteiger partial charge in [-0.05, 0) is 43.0 Å². The van der Waals surface area contributed by atoms with Gasteiger partial charge in [0.15, 0.2) is 11.0 Å². The van der Waals surface area contributed by atoms with E-state index in [0.29, 0.717) is 16.1 Å². The van der Waals surface area contributed by atoms with Gasteiger partial charge >= 0.3 is 0 Å². The van der Waals surface area contributed by atoms with Crippen LogP contribution < -0.4 is 0 Å². The van der Waals surface area contributed by atoms with Crippen molar-refractivity contribution in [1.29, 1.82) is 0 Å². The molecule has 0 N–H and O–H groups in total.